The van der Waals surface area contributed by atoms with Crippen molar-refractivity contribution in [2.45, 2.75) is 12.5 Å². The summed E-state index contributed by atoms with van der Waals surface area (Å²) in [4.78, 5) is 11.5. The van der Waals surface area contributed by atoms with E-state index in [0.29, 0.717) is 6.42 Å². The van der Waals surface area contributed by atoms with Crippen molar-refractivity contribution in [2.75, 3.05) is 7.11 Å². The SMILES string of the molecule is COC(=O)[C@H](Cc1ccc(O)cc1)N(I)I. The van der Waals surface area contributed by atoms with Crippen LogP contribution in [0.5, 0.6) is 5.75 Å². The van der Waals surface area contributed by atoms with Crippen LogP contribution in [0.4, 0.5) is 0 Å². The van der Waals surface area contributed by atoms with E-state index in [1.807, 2.05) is 45.7 Å². The second-order valence-electron chi connectivity index (χ2n) is 3.17. The zero-order chi connectivity index (χ0) is 12.1. The van der Waals surface area contributed by atoms with E-state index >= 15 is 0 Å². The standard InChI is InChI=1S/C10H11I2NO3/c1-16-10(15)9(13(11)12)6-7-2-4-8(14)5-3-7/h2-5,9,14H,6H2,1H3/t9-/m0/s1. The highest BCUT2D eigenvalue weighted by Gasteiger charge is 2.24. The highest BCUT2D eigenvalue weighted by atomic mass is 127. The Morgan fingerprint density at radius 1 is 1.44 bits per heavy atom. The molecule has 88 valence electrons. The molecule has 0 fully saturated rings. The molecule has 1 atom stereocenters. The Hall–Kier alpha value is -0.0900. The number of carbonyl (C=O) groups is 1. The van der Waals surface area contributed by atoms with Crippen molar-refractivity contribution in [3.63, 3.8) is 0 Å². The van der Waals surface area contributed by atoms with Gasteiger partial charge in [0.25, 0.3) is 0 Å². The van der Waals surface area contributed by atoms with Crippen LogP contribution in [-0.4, -0.2) is 25.6 Å². The van der Waals surface area contributed by atoms with E-state index < -0.39 is 0 Å². The van der Waals surface area contributed by atoms with Gasteiger partial charge in [0.15, 0.2) is 0 Å². The smallest absolute Gasteiger partial charge is 0.325 e. The maximum absolute atomic E-state index is 11.5. The van der Waals surface area contributed by atoms with Crippen LogP contribution in [-0.2, 0) is 16.0 Å². The van der Waals surface area contributed by atoms with Crippen LogP contribution in [0.2, 0.25) is 0 Å². The minimum atomic E-state index is -0.323. The monoisotopic (exact) mass is 447 g/mol. The van der Waals surface area contributed by atoms with Gasteiger partial charge in [-0.05, 0) is 17.7 Å². The average Bonchev–Trinajstić information content (AvgIpc) is 2.27. The number of methoxy groups -OCH3 is 1. The number of halogens is 2. The van der Waals surface area contributed by atoms with Gasteiger partial charge in [-0.1, -0.05) is 12.1 Å². The molecule has 0 bridgehead atoms. The van der Waals surface area contributed by atoms with E-state index in [1.54, 1.807) is 25.6 Å². The van der Waals surface area contributed by atoms with Gasteiger partial charge < -0.3 is 9.84 Å². The summed E-state index contributed by atoms with van der Waals surface area (Å²) in [5.74, 6) is -0.0453. The molecule has 1 N–H and O–H groups in total. The molecule has 0 aromatic heterocycles. The summed E-state index contributed by atoms with van der Waals surface area (Å²) in [5.41, 5.74) is 0.978. The lowest BCUT2D eigenvalue weighted by atomic mass is 10.1. The Morgan fingerprint density at radius 3 is 2.44 bits per heavy atom. The maximum atomic E-state index is 11.5. The average molecular weight is 447 g/mol. The molecule has 6 heteroatoms. The van der Waals surface area contributed by atoms with Gasteiger partial charge in [-0.2, -0.15) is 1.33 Å². The fourth-order valence-electron chi connectivity index (χ4n) is 1.22. The van der Waals surface area contributed by atoms with Crippen molar-refractivity contribution in [2.24, 2.45) is 0 Å². The number of esters is 1. The third-order valence-electron chi connectivity index (χ3n) is 2.07. The van der Waals surface area contributed by atoms with Crippen molar-refractivity contribution < 1.29 is 14.6 Å². The zero-order valence-corrected chi connectivity index (χ0v) is 12.9. The molecule has 1 aromatic carbocycles. The third-order valence-corrected chi connectivity index (χ3v) is 3.42. The molecular weight excluding hydrogens is 436 g/mol. The number of hydrogen-bond donors (Lipinski definition) is 1. The van der Waals surface area contributed by atoms with Crippen LogP contribution in [0.25, 0.3) is 0 Å². The van der Waals surface area contributed by atoms with Gasteiger partial charge in [-0.25, -0.2) is 0 Å². The van der Waals surface area contributed by atoms with Crippen molar-refractivity contribution in [1.82, 2.24) is 1.33 Å². The minimum absolute atomic E-state index is 0.221. The van der Waals surface area contributed by atoms with Crippen LogP contribution in [0.3, 0.4) is 0 Å². The summed E-state index contributed by atoms with van der Waals surface area (Å²) >= 11 is 4.09. The summed E-state index contributed by atoms with van der Waals surface area (Å²) in [6.45, 7) is 0. The maximum Gasteiger partial charge on any atom is 0.325 e. The van der Waals surface area contributed by atoms with E-state index in [2.05, 4.69) is 0 Å². The molecule has 0 saturated carbocycles. The van der Waals surface area contributed by atoms with E-state index in [4.69, 9.17) is 9.84 Å². The summed E-state index contributed by atoms with van der Waals surface area (Å²) in [6, 6.07) is 6.48. The van der Waals surface area contributed by atoms with E-state index in [9.17, 15) is 4.79 Å². The fourth-order valence-corrected chi connectivity index (χ4v) is 2.07. The number of aromatic hydroxyl groups is 1. The van der Waals surface area contributed by atoms with Gasteiger partial charge >= 0.3 is 5.97 Å². The van der Waals surface area contributed by atoms with Gasteiger partial charge in [-0.15, -0.1) is 0 Å². The molecule has 1 rings (SSSR count). The van der Waals surface area contributed by atoms with Gasteiger partial charge in [0, 0.05) is 52.1 Å². The fraction of sp³-hybridized carbons (Fsp3) is 0.300. The van der Waals surface area contributed by atoms with Gasteiger partial charge in [-0.3, -0.25) is 4.79 Å². The lowest BCUT2D eigenvalue weighted by Gasteiger charge is -2.17. The van der Waals surface area contributed by atoms with Gasteiger partial charge in [0.1, 0.15) is 11.8 Å². The molecule has 0 amide bonds. The van der Waals surface area contributed by atoms with Gasteiger partial charge in [0.2, 0.25) is 0 Å². The second kappa shape index (κ2) is 6.60. The van der Waals surface area contributed by atoms with Crippen LogP contribution in [0.1, 0.15) is 5.56 Å². The predicted molar refractivity (Wildman–Crippen MR) is 77.5 cm³/mol. The van der Waals surface area contributed by atoms with Crippen molar-refractivity contribution in [3.05, 3.63) is 29.8 Å². The molecule has 0 heterocycles. The summed E-state index contributed by atoms with van der Waals surface area (Å²) in [5, 5.41) is 9.15. The highest BCUT2D eigenvalue weighted by Crippen LogP contribution is 2.20. The summed E-state index contributed by atoms with van der Waals surface area (Å²) in [6.07, 6.45) is 0.554. The molecule has 4 nitrogen and oxygen atoms in total. The predicted octanol–water partition coefficient (Wildman–Crippen LogP) is 2.48. The highest BCUT2D eigenvalue weighted by molar-refractivity contribution is 14.2. The van der Waals surface area contributed by atoms with Crippen LogP contribution in [0.15, 0.2) is 24.3 Å². The zero-order valence-electron chi connectivity index (χ0n) is 8.56. The van der Waals surface area contributed by atoms with E-state index in [0.717, 1.165) is 5.56 Å². The lowest BCUT2D eigenvalue weighted by molar-refractivity contribution is -0.143. The molecule has 1 aromatic rings. The number of nitrogens with zero attached hydrogens (tertiary/aromatic N) is 1. The molecule has 0 spiro atoms. The second-order valence-corrected chi connectivity index (χ2v) is 7.09. The Morgan fingerprint density at radius 2 is 2.00 bits per heavy atom. The number of hydrogen-bond acceptors (Lipinski definition) is 4. The molecule has 0 saturated heterocycles. The summed E-state index contributed by atoms with van der Waals surface area (Å²) in [7, 11) is 1.38. The molecule has 16 heavy (non-hydrogen) atoms. The molecular formula is C10H11I2NO3. The van der Waals surface area contributed by atoms with Crippen molar-refractivity contribution >= 4 is 51.7 Å². The lowest BCUT2D eigenvalue weighted by Crippen LogP contribution is -2.32. The van der Waals surface area contributed by atoms with Crippen molar-refractivity contribution in [1.29, 1.82) is 0 Å². The van der Waals surface area contributed by atoms with Crippen LogP contribution >= 0.6 is 45.7 Å². The topological polar surface area (TPSA) is 49.8 Å². The normalized spacial score (nSPS) is 12.5. The number of ether oxygens (including phenoxy) is 1. The summed E-state index contributed by atoms with van der Waals surface area (Å²) < 4.78 is 6.49. The first-order valence-electron chi connectivity index (χ1n) is 4.51. The first-order chi connectivity index (χ1) is 7.54. The minimum Gasteiger partial charge on any atom is -0.508 e. The number of carbonyl (C=O) groups excluding carboxylic acids is 1. The Labute approximate surface area is 122 Å². The molecule has 0 unspecified atom stereocenters. The number of benzene rings is 1. The number of rotatable bonds is 4. The molecule has 0 aliphatic heterocycles. The number of phenols is 1. The third kappa shape index (κ3) is 4.06. The van der Waals surface area contributed by atoms with E-state index in [-0.39, 0.29) is 17.8 Å². The van der Waals surface area contributed by atoms with Crippen LogP contribution in [0, 0.1) is 0 Å². The molecule has 0 aliphatic rings. The van der Waals surface area contributed by atoms with Gasteiger partial charge in [0.05, 0.1) is 7.11 Å². The van der Waals surface area contributed by atoms with E-state index in [1.165, 1.54) is 7.11 Å². The Balaban J connectivity index is 2.75. The molecule has 0 aliphatic carbocycles. The first kappa shape index (κ1) is 14.0. The van der Waals surface area contributed by atoms with Crippen molar-refractivity contribution in [3.8, 4) is 5.75 Å². The quantitative estimate of drug-likeness (QED) is 0.438. The first-order valence-corrected chi connectivity index (χ1v) is 6.44. The number of phenolic OH excluding ortho intramolecular Hbond substituents is 1. The van der Waals surface area contributed by atoms with Crippen LogP contribution < -0.4 is 0 Å². The molecule has 0 radical (unpaired) electrons. The Bertz CT molecular complexity index is 354. The Kier molecular flexibility index (Phi) is 5.76. The largest absolute Gasteiger partial charge is 0.508 e.